The van der Waals surface area contributed by atoms with Gasteiger partial charge < -0.3 is 10.2 Å². The zero-order valence-electron chi connectivity index (χ0n) is 12.1. The molecule has 7 heteroatoms. The Morgan fingerprint density at radius 1 is 1.50 bits per heavy atom. The molecule has 0 amide bonds. The summed E-state index contributed by atoms with van der Waals surface area (Å²) in [6.07, 6.45) is 1.96. The van der Waals surface area contributed by atoms with E-state index in [2.05, 4.69) is 14.9 Å². The van der Waals surface area contributed by atoms with Crippen LogP contribution >= 0.6 is 11.3 Å². The summed E-state index contributed by atoms with van der Waals surface area (Å²) >= 11 is 1.49. The smallest absolute Gasteiger partial charge is 0.241 e. The van der Waals surface area contributed by atoms with Crippen LogP contribution in [0.1, 0.15) is 24.6 Å². The normalized spacial score (nSPS) is 21.2. The molecule has 2 N–H and O–H groups in total. The van der Waals surface area contributed by atoms with Crippen molar-refractivity contribution in [1.82, 2.24) is 14.9 Å². The summed E-state index contributed by atoms with van der Waals surface area (Å²) in [6.45, 7) is 5.47. The number of sulfonamides is 1. The third-order valence-electron chi connectivity index (χ3n) is 3.44. The highest BCUT2D eigenvalue weighted by molar-refractivity contribution is 7.89. The zero-order valence-corrected chi connectivity index (χ0v) is 13.7. The zero-order chi connectivity index (χ0) is 14.6. The molecule has 1 unspecified atom stereocenters. The average molecular weight is 317 g/mol. The summed E-state index contributed by atoms with van der Waals surface area (Å²) in [6, 6.07) is 1.79. The van der Waals surface area contributed by atoms with Gasteiger partial charge in [-0.25, -0.2) is 13.1 Å². The van der Waals surface area contributed by atoms with Crippen molar-refractivity contribution in [3.05, 3.63) is 16.3 Å². The maximum absolute atomic E-state index is 12.4. The molecule has 1 atom stereocenters. The molecule has 1 saturated heterocycles. The van der Waals surface area contributed by atoms with Gasteiger partial charge in [0.2, 0.25) is 10.0 Å². The highest BCUT2D eigenvalue weighted by Gasteiger charge is 2.24. The molecule has 0 radical (unpaired) electrons. The first kappa shape index (κ1) is 15.9. The number of likely N-dealkylation sites (N-methyl/N-ethyl adjacent to an activating group) is 1. The molecule has 1 aliphatic heterocycles. The van der Waals surface area contributed by atoms with Gasteiger partial charge in [-0.3, -0.25) is 0 Å². The second-order valence-corrected chi connectivity index (χ2v) is 7.96. The van der Waals surface area contributed by atoms with Crippen molar-refractivity contribution in [2.24, 2.45) is 0 Å². The van der Waals surface area contributed by atoms with Crippen molar-refractivity contribution in [3.8, 4) is 0 Å². The second-order valence-electron chi connectivity index (χ2n) is 5.25. The Bertz CT molecular complexity index is 527. The van der Waals surface area contributed by atoms with Gasteiger partial charge in [0.05, 0.1) is 4.90 Å². The van der Waals surface area contributed by atoms with Gasteiger partial charge in [0.15, 0.2) is 0 Å². The summed E-state index contributed by atoms with van der Waals surface area (Å²) in [5.41, 5.74) is 0. The van der Waals surface area contributed by atoms with Crippen molar-refractivity contribution in [2.75, 3.05) is 26.7 Å². The number of rotatable bonds is 6. The van der Waals surface area contributed by atoms with Crippen LogP contribution in [-0.4, -0.2) is 46.0 Å². The van der Waals surface area contributed by atoms with Crippen LogP contribution in [-0.2, 0) is 16.6 Å². The lowest BCUT2D eigenvalue weighted by molar-refractivity contribution is 0.242. The molecule has 0 aromatic carbocycles. The highest BCUT2D eigenvalue weighted by atomic mass is 32.2. The van der Waals surface area contributed by atoms with E-state index in [-0.39, 0.29) is 6.04 Å². The van der Waals surface area contributed by atoms with Crippen LogP contribution in [0.4, 0.5) is 0 Å². The first-order chi connectivity index (χ1) is 9.51. The molecule has 0 saturated carbocycles. The molecule has 2 rings (SSSR count). The van der Waals surface area contributed by atoms with E-state index in [4.69, 9.17) is 0 Å². The third kappa shape index (κ3) is 4.26. The summed E-state index contributed by atoms with van der Waals surface area (Å²) in [5.74, 6) is 0. The number of nitrogens with zero attached hydrogens (tertiary/aromatic N) is 1. The van der Waals surface area contributed by atoms with Crippen LogP contribution in [0.3, 0.4) is 0 Å². The number of likely N-dealkylation sites (tertiary alicyclic amines) is 1. The monoisotopic (exact) mass is 317 g/mol. The summed E-state index contributed by atoms with van der Waals surface area (Å²) in [7, 11) is -1.35. The van der Waals surface area contributed by atoms with E-state index < -0.39 is 10.0 Å². The van der Waals surface area contributed by atoms with Crippen molar-refractivity contribution >= 4 is 21.4 Å². The fourth-order valence-electron chi connectivity index (χ4n) is 2.39. The van der Waals surface area contributed by atoms with E-state index in [1.54, 1.807) is 11.4 Å². The lowest BCUT2D eigenvalue weighted by atomic mass is 10.1. The molecular formula is C13H23N3O2S2. The minimum absolute atomic E-state index is 0.0240. The molecular weight excluding hydrogens is 294 g/mol. The molecule has 1 fully saturated rings. The lowest BCUT2D eigenvalue weighted by Gasteiger charge is -2.29. The SMILES string of the molecule is CCNCc1cc(S(=O)(=O)NC2CCCN(C)C2)cs1. The van der Waals surface area contributed by atoms with Crippen molar-refractivity contribution in [1.29, 1.82) is 0 Å². The number of thiophene rings is 1. The van der Waals surface area contributed by atoms with E-state index in [9.17, 15) is 8.42 Å². The number of hydrogen-bond donors (Lipinski definition) is 2. The number of nitrogens with one attached hydrogen (secondary N) is 2. The van der Waals surface area contributed by atoms with Gasteiger partial charge in [0.1, 0.15) is 0 Å². The Hall–Kier alpha value is -0.470. The van der Waals surface area contributed by atoms with Crippen molar-refractivity contribution in [3.63, 3.8) is 0 Å². The Kier molecular flexibility index (Phi) is 5.57. The topological polar surface area (TPSA) is 61.4 Å². The van der Waals surface area contributed by atoms with E-state index >= 15 is 0 Å². The average Bonchev–Trinajstić information content (AvgIpc) is 2.85. The van der Waals surface area contributed by atoms with Gasteiger partial charge >= 0.3 is 0 Å². The second kappa shape index (κ2) is 7.00. The fraction of sp³-hybridized carbons (Fsp3) is 0.692. The molecule has 0 bridgehead atoms. The Labute approximate surface area is 125 Å². The van der Waals surface area contributed by atoms with Gasteiger partial charge in [-0.2, -0.15) is 0 Å². The van der Waals surface area contributed by atoms with Crippen LogP contribution in [0.5, 0.6) is 0 Å². The largest absolute Gasteiger partial charge is 0.312 e. The quantitative estimate of drug-likeness (QED) is 0.828. The number of piperidine rings is 1. The summed E-state index contributed by atoms with van der Waals surface area (Å²) in [4.78, 5) is 3.61. The lowest BCUT2D eigenvalue weighted by Crippen LogP contribution is -2.46. The number of hydrogen-bond acceptors (Lipinski definition) is 5. The minimum atomic E-state index is -3.38. The van der Waals surface area contributed by atoms with Crippen molar-refractivity contribution < 1.29 is 8.42 Å². The van der Waals surface area contributed by atoms with E-state index in [1.807, 2.05) is 14.0 Å². The van der Waals surface area contributed by atoms with E-state index in [1.165, 1.54) is 11.3 Å². The fourth-order valence-corrected chi connectivity index (χ4v) is 4.90. The maximum atomic E-state index is 12.4. The van der Waals surface area contributed by atoms with Crippen LogP contribution in [0, 0.1) is 0 Å². The van der Waals surface area contributed by atoms with Gasteiger partial charge in [-0.05, 0) is 39.0 Å². The summed E-state index contributed by atoms with van der Waals surface area (Å²) in [5, 5.41) is 4.93. The van der Waals surface area contributed by atoms with Crippen molar-refractivity contribution in [2.45, 2.75) is 37.2 Å². The molecule has 5 nitrogen and oxygen atoms in total. The van der Waals surface area contributed by atoms with E-state index in [0.29, 0.717) is 4.90 Å². The van der Waals surface area contributed by atoms with Crippen LogP contribution in [0.2, 0.25) is 0 Å². The maximum Gasteiger partial charge on any atom is 0.241 e. The summed E-state index contributed by atoms with van der Waals surface area (Å²) < 4.78 is 27.5. The van der Waals surface area contributed by atoms with Crippen LogP contribution < -0.4 is 10.0 Å². The Morgan fingerprint density at radius 3 is 3.00 bits per heavy atom. The molecule has 20 heavy (non-hydrogen) atoms. The molecule has 1 aromatic heterocycles. The van der Waals surface area contributed by atoms with E-state index in [0.717, 1.165) is 43.9 Å². The third-order valence-corrected chi connectivity index (χ3v) is 6.02. The molecule has 0 spiro atoms. The van der Waals surface area contributed by atoms with Crippen LogP contribution in [0.15, 0.2) is 16.3 Å². The first-order valence-corrected chi connectivity index (χ1v) is 9.36. The van der Waals surface area contributed by atoms with Gasteiger partial charge in [-0.1, -0.05) is 6.92 Å². The van der Waals surface area contributed by atoms with Gasteiger partial charge in [0.25, 0.3) is 0 Å². The molecule has 2 heterocycles. The van der Waals surface area contributed by atoms with Crippen LogP contribution in [0.25, 0.3) is 0 Å². The predicted molar refractivity (Wildman–Crippen MR) is 82.5 cm³/mol. The van der Waals surface area contributed by atoms with Gasteiger partial charge in [0, 0.05) is 29.4 Å². The van der Waals surface area contributed by atoms with Gasteiger partial charge in [-0.15, -0.1) is 11.3 Å². The highest BCUT2D eigenvalue weighted by Crippen LogP contribution is 2.20. The predicted octanol–water partition coefficient (Wildman–Crippen LogP) is 1.23. The molecule has 1 aliphatic rings. The standard InChI is InChI=1S/C13H23N3O2S2/c1-3-14-8-12-7-13(10-19-12)20(17,18)15-11-5-4-6-16(2)9-11/h7,10-11,14-15H,3-6,8-9H2,1-2H3. The first-order valence-electron chi connectivity index (χ1n) is 7.00. The molecule has 1 aromatic rings. The molecule has 114 valence electrons. The minimum Gasteiger partial charge on any atom is -0.312 e. The Balaban J connectivity index is 2.00. The molecule has 0 aliphatic carbocycles. The Morgan fingerprint density at radius 2 is 2.30 bits per heavy atom.